The normalized spacial score (nSPS) is 13.2. The first-order valence-electron chi connectivity index (χ1n) is 20.0. The van der Waals surface area contributed by atoms with Crippen LogP contribution in [-0.2, 0) is 32.9 Å². The van der Waals surface area contributed by atoms with Gasteiger partial charge in [0.15, 0.2) is 0 Å². The summed E-state index contributed by atoms with van der Waals surface area (Å²) >= 11 is 0. The van der Waals surface area contributed by atoms with Gasteiger partial charge in [0.05, 0.1) is 19.2 Å². The fraction of sp³-hybridized carbons (Fsp3) is 0.167. The molecule has 0 saturated carbocycles. The smallest absolute Gasteiger partial charge is 0.126 e. The van der Waals surface area contributed by atoms with Gasteiger partial charge in [0.1, 0.15) is 17.0 Å². The monoisotopic (exact) mass is 921 g/mol. The van der Waals surface area contributed by atoms with Crippen LogP contribution in [0.3, 0.4) is 0 Å². The van der Waals surface area contributed by atoms with Crippen molar-refractivity contribution in [3.05, 3.63) is 162 Å². The zero-order valence-electron chi connectivity index (χ0n) is 35.1. The molecule has 0 saturated heterocycles. The van der Waals surface area contributed by atoms with Crippen LogP contribution in [0.15, 0.2) is 136 Å². The fourth-order valence-corrected chi connectivity index (χ4v) is 7.59. The topological polar surface area (TPSA) is 52.1 Å². The van der Waals surface area contributed by atoms with Crippen LogP contribution in [0.25, 0.3) is 66.4 Å². The van der Waals surface area contributed by atoms with Crippen LogP contribution in [0, 0.1) is 23.9 Å². The van der Waals surface area contributed by atoms with Crippen LogP contribution in [0.1, 0.15) is 36.0 Å². The number of aromatic nitrogens is 2. The first-order chi connectivity index (χ1) is 27.6. The summed E-state index contributed by atoms with van der Waals surface area (Å²) in [6.07, 6.45) is 0.390. The molecule has 4 aromatic heterocycles. The van der Waals surface area contributed by atoms with Crippen molar-refractivity contribution < 1.29 is 38.8 Å². The third kappa shape index (κ3) is 8.11. The van der Waals surface area contributed by atoms with Crippen LogP contribution in [0.2, 0.25) is 19.6 Å². The molecule has 9 rings (SSSR count). The summed E-state index contributed by atoms with van der Waals surface area (Å²) in [7, 11) is -1.38. The maximum Gasteiger partial charge on any atom is 0.126 e. The predicted molar refractivity (Wildman–Crippen MR) is 222 cm³/mol. The van der Waals surface area contributed by atoms with Crippen molar-refractivity contribution in [3.8, 4) is 22.5 Å². The summed E-state index contributed by atoms with van der Waals surface area (Å²) in [5.41, 5.74) is 6.98. The number of nitrogens with zero attached hydrogens (tertiary/aromatic N) is 2. The number of halogens is 1. The molecule has 0 aliphatic rings. The van der Waals surface area contributed by atoms with Crippen LogP contribution in [0.5, 0.6) is 0 Å². The van der Waals surface area contributed by atoms with Gasteiger partial charge in [0.2, 0.25) is 0 Å². The summed E-state index contributed by atoms with van der Waals surface area (Å²) in [4.78, 5) is 9.08. The molecule has 0 bridgehead atoms. The summed E-state index contributed by atoms with van der Waals surface area (Å²) in [5.74, 6) is -0.477. The second kappa shape index (κ2) is 15.9. The minimum Gasteiger partial charge on any atom is -0.500 e. The largest absolute Gasteiger partial charge is 0.500 e. The van der Waals surface area contributed by atoms with Gasteiger partial charge in [0.25, 0.3) is 0 Å². The Hall–Kier alpha value is -5.20. The van der Waals surface area contributed by atoms with Crippen molar-refractivity contribution in [3.63, 3.8) is 0 Å². The molecular weight excluding hydrogens is 876 g/mol. The number of fused-ring (bicyclic) bond motifs is 6. The average Bonchev–Trinajstić information content (AvgIpc) is 3.78. The van der Waals surface area contributed by atoms with E-state index in [0.717, 1.165) is 38.4 Å². The van der Waals surface area contributed by atoms with Gasteiger partial charge in [-0.1, -0.05) is 122 Å². The average molecular weight is 921 g/mol. The van der Waals surface area contributed by atoms with E-state index in [1.54, 1.807) is 48.7 Å². The number of para-hydroxylation sites is 1. The van der Waals surface area contributed by atoms with Crippen molar-refractivity contribution >= 4 is 57.1 Å². The number of hydrogen-bond acceptors (Lipinski definition) is 4. The van der Waals surface area contributed by atoms with Crippen LogP contribution < -0.4 is 5.19 Å². The summed E-state index contributed by atoms with van der Waals surface area (Å²) < 4.78 is 60.0. The molecule has 0 aliphatic carbocycles. The maximum atomic E-state index is 13.5. The van der Waals surface area contributed by atoms with Crippen molar-refractivity contribution in [2.45, 2.75) is 46.2 Å². The van der Waals surface area contributed by atoms with E-state index in [2.05, 4.69) is 47.8 Å². The summed E-state index contributed by atoms with van der Waals surface area (Å²) in [6, 6.07) is 40.8. The predicted octanol–water partition coefficient (Wildman–Crippen LogP) is 12.4. The molecule has 0 atom stereocenters. The van der Waals surface area contributed by atoms with E-state index in [1.807, 2.05) is 74.6 Å². The molecule has 0 aliphatic heterocycles. The van der Waals surface area contributed by atoms with Crippen LogP contribution >= 0.6 is 0 Å². The Kier molecular flexibility index (Phi) is 9.57. The minimum absolute atomic E-state index is 0. The zero-order valence-corrected chi connectivity index (χ0v) is 34.5. The third-order valence-electron chi connectivity index (χ3n) is 9.26. The quantitative estimate of drug-likeness (QED) is 0.118. The molecule has 7 heteroatoms. The molecule has 277 valence electrons. The Morgan fingerprint density at radius 1 is 0.727 bits per heavy atom. The molecule has 0 N–H and O–H groups in total. The van der Waals surface area contributed by atoms with Crippen molar-refractivity contribution in [2.75, 3.05) is 0 Å². The van der Waals surface area contributed by atoms with Crippen molar-refractivity contribution in [1.82, 2.24) is 9.97 Å². The van der Waals surface area contributed by atoms with E-state index in [-0.39, 0.29) is 31.8 Å². The zero-order chi connectivity index (χ0) is 41.0. The number of pyridine rings is 2. The molecule has 0 unspecified atom stereocenters. The minimum atomic E-state index is -1.72. The molecule has 0 amide bonds. The van der Waals surface area contributed by atoms with Crippen molar-refractivity contribution in [2.24, 2.45) is 5.92 Å². The Morgan fingerprint density at radius 3 is 2.29 bits per heavy atom. The van der Waals surface area contributed by atoms with Gasteiger partial charge in [-0.05, 0) is 58.2 Å². The Balaban J connectivity index is 0.000000186. The molecule has 1 radical (unpaired) electrons. The second-order valence-electron chi connectivity index (χ2n) is 14.6. The Morgan fingerprint density at radius 2 is 1.53 bits per heavy atom. The van der Waals surface area contributed by atoms with Gasteiger partial charge >= 0.3 is 0 Å². The standard InChI is InChI=1S/C28H24NO.C20H17FNOSi.Ir/c1-19(2)15-21-13-14-29-26(17-21)22-11-12-27-25(18-22)24-10-6-9-23(28(24)30-27)16-20-7-4-3-5-8-20;1-24(2,3)14-8-10-18(22-12-14)17-6-4-5-16-15-9-7-13(21)11-19(15)23-20(16)17;/h3-10,12-14,17-19H,15-16H2,1-2H3;4-5,7-12H,1-3H3;/q2*-1;/i15D2,16D2;;. The maximum absolute atomic E-state index is 13.5. The fourth-order valence-electron chi connectivity index (χ4n) is 6.56. The molecule has 4 heterocycles. The van der Waals surface area contributed by atoms with Gasteiger partial charge in [-0.15, -0.1) is 42.0 Å². The summed E-state index contributed by atoms with van der Waals surface area (Å²) in [5, 5.41) is 4.82. The first kappa shape index (κ1) is 33.2. The molecule has 0 spiro atoms. The number of benzene rings is 5. The van der Waals surface area contributed by atoms with E-state index in [0.29, 0.717) is 44.7 Å². The van der Waals surface area contributed by atoms with Gasteiger partial charge < -0.3 is 18.8 Å². The van der Waals surface area contributed by atoms with Crippen molar-refractivity contribution in [1.29, 1.82) is 0 Å². The Labute approximate surface area is 341 Å². The van der Waals surface area contributed by atoms with E-state index >= 15 is 0 Å². The van der Waals surface area contributed by atoms with E-state index < -0.39 is 20.8 Å². The second-order valence-corrected chi connectivity index (χ2v) is 19.7. The molecule has 0 fully saturated rings. The number of rotatable bonds is 7. The molecule has 9 aromatic rings. The Bertz CT molecular complexity index is 2940. The third-order valence-corrected chi connectivity index (χ3v) is 11.3. The van der Waals surface area contributed by atoms with E-state index in [9.17, 15) is 4.39 Å². The van der Waals surface area contributed by atoms with Gasteiger partial charge in [0, 0.05) is 61.2 Å². The van der Waals surface area contributed by atoms with Crippen LogP contribution in [0.4, 0.5) is 4.39 Å². The van der Waals surface area contributed by atoms with Gasteiger partial charge in [-0.3, -0.25) is 0 Å². The van der Waals surface area contributed by atoms with Gasteiger partial charge in [-0.2, -0.15) is 0 Å². The van der Waals surface area contributed by atoms with E-state index in [1.165, 1.54) is 17.3 Å². The molecule has 5 aromatic carbocycles. The molecular formula is C48H41FIrN2O2Si-2. The SMILES string of the molecule is C[Si](C)(C)c1ccc(-c2[c-]ccc3c2oc2cc(F)ccc23)nc1.[2H]C([2H])(c1ccccc1)c1cccc2c1oc1c[c-]c(-c3cc(C([2H])([2H])C(C)C)ccn3)cc12.[Ir]. The van der Waals surface area contributed by atoms with Gasteiger partial charge in [-0.25, -0.2) is 4.39 Å². The molecule has 55 heavy (non-hydrogen) atoms. The van der Waals surface area contributed by atoms with Crippen LogP contribution in [-0.4, -0.2) is 18.0 Å². The summed E-state index contributed by atoms with van der Waals surface area (Å²) in [6.45, 7) is 10.6. The number of furan rings is 2. The molecule has 4 nitrogen and oxygen atoms in total. The first-order valence-corrected chi connectivity index (χ1v) is 21.5. The number of hydrogen-bond donors (Lipinski definition) is 0. The van der Waals surface area contributed by atoms with E-state index in [4.69, 9.17) is 14.3 Å².